The molecule has 3 rings (SSSR count). The van der Waals surface area contributed by atoms with Gasteiger partial charge in [-0.25, -0.2) is 9.78 Å². The molecule has 0 bridgehead atoms. The molecule has 0 unspecified atom stereocenters. The number of halogens is 1. The lowest BCUT2D eigenvalue weighted by Gasteiger charge is -2.20. The molecule has 2 aromatic heterocycles. The fourth-order valence-electron chi connectivity index (χ4n) is 2.70. The number of urea groups is 1. The van der Waals surface area contributed by atoms with E-state index >= 15 is 0 Å². The standard InChI is InChI=1S/C18H21ClN4OS/c1-2-22(12-14-8-9-17(19)25-14)18(24)20-10-5-11-23-13-21-15-6-3-4-7-16(15)23/h3-4,6-9,13H,2,5,10-12H2,1H3,(H,20,24). The molecule has 1 N–H and O–H groups in total. The number of aromatic nitrogens is 2. The Hall–Kier alpha value is -2.05. The number of fused-ring (bicyclic) bond motifs is 1. The molecule has 0 aliphatic heterocycles. The number of para-hydroxylation sites is 2. The number of hydrogen-bond acceptors (Lipinski definition) is 3. The smallest absolute Gasteiger partial charge is 0.317 e. The topological polar surface area (TPSA) is 50.2 Å². The Labute approximate surface area is 156 Å². The second-order valence-corrected chi connectivity index (χ2v) is 7.53. The summed E-state index contributed by atoms with van der Waals surface area (Å²) in [7, 11) is 0. The highest BCUT2D eigenvalue weighted by atomic mass is 35.5. The van der Waals surface area contributed by atoms with Gasteiger partial charge in [0, 0.05) is 24.5 Å². The van der Waals surface area contributed by atoms with Gasteiger partial charge >= 0.3 is 6.03 Å². The molecule has 0 saturated carbocycles. The molecule has 1 aromatic carbocycles. The van der Waals surface area contributed by atoms with Crippen LogP contribution in [0, 0.1) is 0 Å². The van der Waals surface area contributed by atoms with Crippen molar-refractivity contribution in [1.29, 1.82) is 0 Å². The van der Waals surface area contributed by atoms with Crippen LogP contribution >= 0.6 is 22.9 Å². The maximum atomic E-state index is 12.3. The molecular weight excluding hydrogens is 356 g/mol. The third-order valence-corrected chi connectivity index (χ3v) is 5.24. The first-order chi connectivity index (χ1) is 12.2. The molecule has 2 heterocycles. The Morgan fingerprint density at radius 2 is 2.16 bits per heavy atom. The van der Waals surface area contributed by atoms with Crippen molar-refractivity contribution < 1.29 is 4.79 Å². The van der Waals surface area contributed by atoms with E-state index in [1.165, 1.54) is 11.3 Å². The Bertz CT molecular complexity index is 844. The zero-order chi connectivity index (χ0) is 17.6. The number of hydrogen-bond donors (Lipinski definition) is 1. The number of nitrogens with zero attached hydrogens (tertiary/aromatic N) is 3. The maximum absolute atomic E-state index is 12.3. The van der Waals surface area contributed by atoms with Crippen molar-refractivity contribution in [3.63, 3.8) is 0 Å². The highest BCUT2D eigenvalue weighted by molar-refractivity contribution is 7.16. The molecule has 0 atom stereocenters. The van der Waals surface area contributed by atoms with E-state index in [0.29, 0.717) is 19.6 Å². The quantitative estimate of drug-likeness (QED) is 0.622. The highest BCUT2D eigenvalue weighted by Crippen LogP contribution is 2.22. The molecule has 0 radical (unpaired) electrons. The number of aryl methyl sites for hydroxylation is 1. The summed E-state index contributed by atoms with van der Waals surface area (Å²) < 4.78 is 2.87. The number of rotatable bonds is 7. The summed E-state index contributed by atoms with van der Waals surface area (Å²) in [4.78, 5) is 19.6. The number of carbonyl (C=O) groups is 1. The van der Waals surface area contributed by atoms with E-state index < -0.39 is 0 Å². The lowest BCUT2D eigenvalue weighted by molar-refractivity contribution is 0.198. The van der Waals surface area contributed by atoms with Crippen molar-refractivity contribution in [2.24, 2.45) is 0 Å². The molecule has 2 amide bonds. The van der Waals surface area contributed by atoms with E-state index in [1.807, 2.05) is 43.6 Å². The zero-order valence-corrected chi connectivity index (χ0v) is 15.7. The Morgan fingerprint density at radius 3 is 2.92 bits per heavy atom. The zero-order valence-electron chi connectivity index (χ0n) is 14.1. The van der Waals surface area contributed by atoms with Gasteiger partial charge in [-0.2, -0.15) is 0 Å². The molecule has 132 valence electrons. The van der Waals surface area contributed by atoms with Crippen LogP contribution in [0.2, 0.25) is 4.34 Å². The molecule has 0 saturated heterocycles. The number of amides is 2. The van der Waals surface area contributed by atoms with Crippen LogP contribution in [0.25, 0.3) is 11.0 Å². The molecule has 3 aromatic rings. The van der Waals surface area contributed by atoms with Crippen LogP contribution < -0.4 is 5.32 Å². The van der Waals surface area contributed by atoms with Gasteiger partial charge in [0.2, 0.25) is 0 Å². The van der Waals surface area contributed by atoms with E-state index in [4.69, 9.17) is 11.6 Å². The Morgan fingerprint density at radius 1 is 1.32 bits per heavy atom. The van der Waals surface area contributed by atoms with Gasteiger partial charge in [-0.15, -0.1) is 11.3 Å². The maximum Gasteiger partial charge on any atom is 0.317 e. The van der Waals surface area contributed by atoms with E-state index in [0.717, 1.165) is 33.2 Å². The second kappa shape index (κ2) is 8.36. The van der Waals surface area contributed by atoms with Crippen LogP contribution in [0.15, 0.2) is 42.7 Å². The van der Waals surface area contributed by atoms with Crippen molar-refractivity contribution in [1.82, 2.24) is 19.8 Å². The molecular formula is C18H21ClN4OS. The molecule has 7 heteroatoms. The van der Waals surface area contributed by atoms with Gasteiger partial charge in [0.15, 0.2) is 0 Å². The van der Waals surface area contributed by atoms with Crippen LogP contribution in [0.4, 0.5) is 4.79 Å². The van der Waals surface area contributed by atoms with Gasteiger partial charge in [0.05, 0.1) is 28.2 Å². The van der Waals surface area contributed by atoms with Gasteiger partial charge in [0.1, 0.15) is 0 Å². The molecule has 0 aliphatic carbocycles. The minimum atomic E-state index is -0.0393. The number of carbonyl (C=O) groups excluding carboxylic acids is 1. The first kappa shape index (κ1) is 17.8. The lowest BCUT2D eigenvalue weighted by atomic mass is 10.3. The molecule has 5 nitrogen and oxygen atoms in total. The second-order valence-electron chi connectivity index (χ2n) is 5.73. The number of nitrogens with one attached hydrogen (secondary N) is 1. The van der Waals surface area contributed by atoms with Crippen molar-refractivity contribution in [3.05, 3.63) is 51.9 Å². The van der Waals surface area contributed by atoms with Crippen LogP contribution in [0.3, 0.4) is 0 Å². The van der Waals surface area contributed by atoms with E-state index in [-0.39, 0.29) is 6.03 Å². The molecule has 0 spiro atoms. The number of benzene rings is 1. The predicted octanol–water partition coefficient (Wildman–Crippen LogP) is 4.37. The van der Waals surface area contributed by atoms with Crippen LogP contribution in [-0.2, 0) is 13.1 Å². The Kier molecular flexibility index (Phi) is 5.94. The number of thiophene rings is 1. The van der Waals surface area contributed by atoms with Gasteiger partial charge < -0.3 is 14.8 Å². The first-order valence-corrected chi connectivity index (χ1v) is 9.53. The van der Waals surface area contributed by atoms with Crippen molar-refractivity contribution in [3.8, 4) is 0 Å². The predicted molar refractivity (Wildman–Crippen MR) is 103 cm³/mol. The average Bonchev–Trinajstić information content (AvgIpc) is 3.22. The van der Waals surface area contributed by atoms with Crippen LogP contribution in [-0.4, -0.2) is 33.6 Å². The third kappa shape index (κ3) is 4.52. The monoisotopic (exact) mass is 376 g/mol. The average molecular weight is 377 g/mol. The summed E-state index contributed by atoms with van der Waals surface area (Å²) in [5.41, 5.74) is 2.12. The van der Waals surface area contributed by atoms with Gasteiger partial charge in [0.25, 0.3) is 0 Å². The van der Waals surface area contributed by atoms with Crippen LogP contribution in [0.1, 0.15) is 18.2 Å². The normalized spacial score (nSPS) is 11.0. The summed E-state index contributed by atoms with van der Waals surface area (Å²) >= 11 is 7.46. The van der Waals surface area contributed by atoms with Gasteiger partial charge in [-0.3, -0.25) is 0 Å². The molecule has 25 heavy (non-hydrogen) atoms. The van der Waals surface area contributed by atoms with Crippen LogP contribution in [0.5, 0.6) is 0 Å². The number of imidazole rings is 1. The van der Waals surface area contributed by atoms with Crippen molar-refractivity contribution in [2.75, 3.05) is 13.1 Å². The van der Waals surface area contributed by atoms with Gasteiger partial charge in [-0.05, 0) is 37.6 Å². The van der Waals surface area contributed by atoms with E-state index in [2.05, 4.69) is 20.9 Å². The SMILES string of the molecule is CCN(Cc1ccc(Cl)s1)C(=O)NCCCn1cnc2ccccc21. The summed E-state index contributed by atoms with van der Waals surface area (Å²) in [6.07, 6.45) is 2.71. The summed E-state index contributed by atoms with van der Waals surface area (Å²) in [5, 5.41) is 3.00. The fraction of sp³-hybridized carbons (Fsp3) is 0.333. The minimum absolute atomic E-state index is 0.0393. The van der Waals surface area contributed by atoms with Crippen molar-refractivity contribution in [2.45, 2.75) is 26.4 Å². The largest absolute Gasteiger partial charge is 0.338 e. The lowest BCUT2D eigenvalue weighted by Crippen LogP contribution is -2.39. The highest BCUT2D eigenvalue weighted by Gasteiger charge is 2.12. The Balaban J connectivity index is 1.46. The van der Waals surface area contributed by atoms with E-state index in [9.17, 15) is 4.79 Å². The summed E-state index contributed by atoms with van der Waals surface area (Å²) in [5.74, 6) is 0. The third-order valence-electron chi connectivity index (χ3n) is 4.02. The van der Waals surface area contributed by atoms with Crippen molar-refractivity contribution >= 4 is 40.0 Å². The fourth-order valence-corrected chi connectivity index (χ4v) is 3.80. The minimum Gasteiger partial charge on any atom is -0.338 e. The summed E-state index contributed by atoms with van der Waals surface area (Å²) in [6.45, 7) is 4.69. The van der Waals surface area contributed by atoms with Gasteiger partial charge in [-0.1, -0.05) is 23.7 Å². The molecule has 0 aliphatic rings. The first-order valence-electron chi connectivity index (χ1n) is 8.34. The van der Waals surface area contributed by atoms with E-state index in [1.54, 1.807) is 4.90 Å². The molecule has 0 fully saturated rings. The summed E-state index contributed by atoms with van der Waals surface area (Å²) in [6, 6.07) is 11.9.